The van der Waals surface area contributed by atoms with Gasteiger partial charge in [0, 0.05) is 17.4 Å². The molecule has 0 aliphatic carbocycles. The van der Waals surface area contributed by atoms with Crippen LogP contribution in [0.1, 0.15) is 33.6 Å². The molecule has 2 aliphatic heterocycles. The second kappa shape index (κ2) is 9.04. The number of ether oxygens (including phenoxy) is 1. The van der Waals surface area contributed by atoms with Crippen molar-refractivity contribution in [2.45, 2.75) is 42.2 Å². The molecule has 0 saturated heterocycles. The summed E-state index contributed by atoms with van der Waals surface area (Å²) in [5.74, 6) is -0.310. The molecule has 1 aromatic heterocycles. The Bertz CT molecular complexity index is 2130. The fraction of sp³-hybridized carbons (Fsp3) is 0.156. The quantitative estimate of drug-likeness (QED) is 0.267. The monoisotopic (exact) mass is 598 g/mol. The molecule has 7 rings (SSSR count). The first-order chi connectivity index (χ1) is 20.1. The number of benzene rings is 4. The second-order valence-corrected chi connectivity index (χ2v) is 14.3. The second-order valence-electron chi connectivity index (χ2n) is 10.7. The van der Waals surface area contributed by atoms with Crippen molar-refractivity contribution in [3.63, 3.8) is 0 Å². The lowest BCUT2D eigenvalue weighted by Gasteiger charge is -2.40. The Balaban J connectivity index is 1.45. The molecule has 0 N–H and O–H groups in total. The van der Waals surface area contributed by atoms with E-state index in [0.717, 1.165) is 15.4 Å². The summed E-state index contributed by atoms with van der Waals surface area (Å²) < 4.78 is 65.5. The lowest BCUT2D eigenvalue weighted by atomic mass is 9.96. The minimum atomic E-state index is -4.27. The van der Waals surface area contributed by atoms with Gasteiger partial charge in [-0.2, -0.15) is 0 Å². The van der Waals surface area contributed by atoms with E-state index in [1.165, 1.54) is 16.1 Å². The average Bonchev–Trinajstić information content (AvgIpc) is 3.43. The smallest absolute Gasteiger partial charge is 0.268 e. The molecule has 10 heteroatoms. The van der Waals surface area contributed by atoms with Crippen LogP contribution in [0.25, 0.3) is 10.9 Å². The molecular weight excluding hydrogens is 572 g/mol. The number of aryl methyl sites for hydroxylation is 2. The van der Waals surface area contributed by atoms with Gasteiger partial charge in [-0.25, -0.2) is 25.1 Å². The van der Waals surface area contributed by atoms with E-state index in [1.54, 1.807) is 84.9 Å². The zero-order valence-corrected chi connectivity index (χ0v) is 24.4. The van der Waals surface area contributed by atoms with Crippen LogP contribution in [0.3, 0.4) is 0 Å². The summed E-state index contributed by atoms with van der Waals surface area (Å²) in [5, 5.41) is 0.471. The van der Waals surface area contributed by atoms with Crippen LogP contribution in [0, 0.1) is 13.8 Å². The number of anilines is 1. The molecule has 1 unspecified atom stereocenters. The minimum Gasteiger partial charge on any atom is -0.456 e. The van der Waals surface area contributed by atoms with Crippen molar-refractivity contribution in [2.75, 3.05) is 4.31 Å². The third kappa shape index (κ3) is 3.61. The molecule has 212 valence electrons. The van der Waals surface area contributed by atoms with Gasteiger partial charge in [-0.05, 0) is 68.8 Å². The number of para-hydroxylation sites is 2. The van der Waals surface area contributed by atoms with E-state index in [1.807, 2.05) is 13.8 Å². The molecule has 4 aromatic carbocycles. The van der Waals surface area contributed by atoms with Crippen molar-refractivity contribution in [1.82, 2.24) is 3.97 Å². The highest BCUT2D eigenvalue weighted by molar-refractivity contribution is 7.93. The molecule has 5 aromatic rings. The average molecular weight is 599 g/mol. The molecule has 3 heterocycles. The number of ketones is 1. The first-order valence-electron chi connectivity index (χ1n) is 13.5. The van der Waals surface area contributed by atoms with Crippen molar-refractivity contribution in [3.05, 3.63) is 119 Å². The predicted octanol–water partition coefficient (Wildman–Crippen LogP) is 5.61. The van der Waals surface area contributed by atoms with Gasteiger partial charge < -0.3 is 4.74 Å². The van der Waals surface area contributed by atoms with Crippen LogP contribution in [0.4, 0.5) is 5.69 Å². The van der Waals surface area contributed by atoms with Crippen molar-refractivity contribution >= 4 is 42.4 Å². The molecular formula is C32H26N2O6S2. The maximum Gasteiger partial charge on any atom is 0.268 e. The van der Waals surface area contributed by atoms with Gasteiger partial charge in [0.2, 0.25) is 5.78 Å². The zero-order chi connectivity index (χ0) is 29.4. The van der Waals surface area contributed by atoms with Gasteiger partial charge in [-0.15, -0.1) is 0 Å². The maximum absolute atomic E-state index is 14.3. The van der Waals surface area contributed by atoms with Crippen LogP contribution in [0.15, 0.2) is 107 Å². The van der Waals surface area contributed by atoms with E-state index in [4.69, 9.17) is 4.74 Å². The highest BCUT2D eigenvalue weighted by atomic mass is 32.2. The fourth-order valence-corrected chi connectivity index (χ4v) is 9.23. The standard InChI is InChI=1S/C32H26N2O6S2/c1-21-11-15-23(16-12-21)41(36,37)33-27-9-5-3-7-25(27)30-29(33)19-20-32(40-30)31(35)26-8-4-6-10-28(26)34(32)42(38,39)24-17-13-22(2)14-18-24/h3-18H,19-20H2,1-2H3. The molecule has 2 aliphatic rings. The number of aromatic nitrogens is 1. The van der Waals surface area contributed by atoms with Crippen molar-refractivity contribution in [2.24, 2.45) is 0 Å². The number of Topliss-reactive ketones (excluding diaryl/α,β-unsaturated/α-hetero) is 1. The van der Waals surface area contributed by atoms with Crippen LogP contribution >= 0.6 is 0 Å². The molecule has 8 nitrogen and oxygen atoms in total. The Morgan fingerprint density at radius 1 is 0.714 bits per heavy atom. The lowest BCUT2D eigenvalue weighted by Crippen LogP contribution is -2.59. The van der Waals surface area contributed by atoms with Gasteiger partial charge in [0.05, 0.1) is 26.7 Å². The van der Waals surface area contributed by atoms with Gasteiger partial charge in [-0.3, -0.25) is 4.79 Å². The summed E-state index contributed by atoms with van der Waals surface area (Å²) in [4.78, 5) is 14.3. The topological polar surface area (TPSA) is 103 Å². The fourth-order valence-electron chi connectivity index (χ4n) is 5.94. The van der Waals surface area contributed by atoms with E-state index < -0.39 is 31.6 Å². The Morgan fingerprint density at radius 3 is 1.95 bits per heavy atom. The predicted molar refractivity (Wildman–Crippen MR) is 159 cm³/mol. The lowest BCUT2D eigenvalue weighted by molar-refractivity contribution is 0.0449. The van der Waals surface area contributed by atoms with Gasteiger partial charge in [0.15, 0.2) is 5.75 Å². The number of carbonyl (C=O) groups is 1. The highest BCUT2D eigenvalue weighted by Gasteiger charge is 2.60. The number of carbonyl (C=O) groups excluding carboxylic acids is 1. The highest BCUT2D eigenvalue weighted by Crippen LogP contribution is 2.51. The zero-order valence-electron chi connectivity index (χ0n) is 22.8. The number of nitrogens with zero attached hydrogens (tertiary/aromatic N) is 2. The van der Waals surface area contributed by atoms with Crippen LogP contribution in [-0.2, 0) is 26.5 Å². The minimum absolute atomic E-state index is 0.0238. The SMILES string of the molecule is Cc1ccc(S(=O)(=O)N2c3ccccc3C(=O)C23CCc2c(c4ccccc4n2S(=O)(=O)c2ccc(C)cc2)O3)cc1. The van der Waals surface area contributed by atoms with Crippen LogP contribution in [0.2, 0.25) is 0 Å². The molecule has 0 amide bonds. The van der Waals surface area contributed by atoms with Gasteiger partial charge in [-0.1, -0.05) is 59.7 Å². The van der Waals surface area contributed by atoms with Crippen molar-refractivity contribution < 1.29 is 26.4 Å². The molecule has 0 bridgehead atoms. The molecule has 1 atom stereocenters. The molecule has 0 saturated carbocycles. The van der Waals surface area contributed by atoms with Gasteiger partial charge in [0.1, 0.15) is 0 Å². The van der Waals surface area contributed by atoms with E-state index >= 15 is 0 Å². The Labute approximate surface area is 243 Å². The molecule has 0 radical (unpaired) electrons. The summed E-state index contributed by atoms with van der Waals surface area (Å²) in [6.45, 7) is 3.74. The number of fused-ring (bicyclic) bond motifs is 4. The summed E-state index contributed by atoms with van der Waals surface area (Å²) in [6.07, 6.45) is -0.00685. The normalized spacial score (nSPS) is 18.2. The third-order valence-corrected chi connectivity index (χ3v) is 11.6. The Morgan fingerprint density at radius 2 is 1.29 bits per heavy atom. The first-order valence-corrected chi connectivity index (χ1v) is 16.3. The van der Waals surface area contributed by atoms with Crippen molar-refractivity contribution in [1.29, 1.82) is 0 Å². The third-order valence-electron chi connectivity index (χ3n) is 8.02. The van der Waals surface area contributed by atoms with E-state index in [9.17, 15) is 21.6 Å². The number of rotatable bonds is 4. The molecule has 42 heavy (non-hydrogen) atoms. The molecule has 0 fully saturated rings. The van der Waals surface area contributed by atoms with Gasteiger partial charge >= 0.3 is 0 Å². The Hall–Kier alpha value is -4.41. The summed E-state index contributed by atoms with van der Waals surface area (Å²) >= 11 is 0. The first kappa shape index (κ1) is 26.5. The summed E-state index contributed by atoms with van der Waals surface area (Å²) in [6, 6.07) is 26.4. The van der Waals surface area contributed by atoms with Crippen molar-refractivity contribution in [3.8, 4) is 5.75 Å². The van der Waals surface area contributed by atoms with E-state index in [-0.39, 0.29) is 39.6 Å². The van der Waals surface area contributed by atoms with Gasteiger partial charge in [0.25, 0.3) is 25.8 Å². The van der Waals surface area contributed by atoms with Crippen LogP contribution < -0.4 is 9.04 Å². The summed E-state index contributed by atoms with van der Waals surface area (Å²) in [5.41, 5.74) is 1.09. The number of hydrogen-bond donors (Lipinski definition) is 0. The van der Waals surface area contributed by atoms with E-state index in [2.05, 4.69) is 0 Å². The van der Waals surface area contributed by atoms with Crippen LogP contribution in [-0.4, -0.2) is 32.3 Å². The van der Waals surface area contributed by atoms with E-state index in [0.29, 0.717) is 16.6 Å². The number of hydrogen-bond acceptors (Lipinski definition) is 6. The number of sulfonamides is 1. The largest absolute Gasteiger partial charge is 0.456 e. The van der Waals surface area contributed by atoms with Crippen LogP contribution in [0.5, 0.6) is 5.75 Å². The maximum atomic E-state index is 14.3. The molecule has 1 spiro atoms. The summed E-state index contributed by atoms with van der Waals surface area (Å²) in [7, 11) is -8.32. The Kier molecular flexibility index (Phi) is 5.70.